The maximum atomic E-state index is 13.2. The van der Waals surface area contributed by atoms with E-state index in [4.69, 9.17) is 0 Å². The summed E-state index contributed by atoms with van der Waals surface area (Å²) >= 11 is 1.43. The maximum Gasteiger partial charge on any atom is 0.211 e. The van der Waals surface area contributed by atoms with E-state index in [1.807, 2.05) is 4.90 Å². The van der Waals surface area contributed by atoms with Crippen molar-refractivity contribution >= 4 is 36.7 Å². The van der Waals surface area contributed by atoms with E-state index >= 15 is 0 Å². The van der Waals surface area contributed by atoms with Crippen molar-refractivity contribution in [3.8, 4) is 0 Å². The molecule has 0 aliphatic carbocycles. The number of fused-ring (bicyclic) bond motifs is 1. The zero-order chi connectivity index (χ0) is 14.3. The molecule has 1 aliphatic rings. The molecule has 8 heteroatoms. The molecule has 1 aromatic carbocycles. The largest absolute Gasteiger partial charge is 0.345 e. The van der Waals surface area contributed by atoms with Crippen LogP contribution in [0.25, 0.3) is 10.2 Å². The molecule has 2 heterocycles. The third kappa shape index (κ3) is 2.63. The normalized spacial score (nSPS) is 17.8. The van der Waals surface area contributed by atoms with E-state index in [0.29, 0.717) is 26.2 Å². The van der Waals surface area contributed by atoms with Crippen molar-refractivity contribution in [2.24, 2.45) is 0 Å². The summed E-state index contributed by atoms with van der Waals surface area (Å²) in [7, 11) is -3.12. The van der Waals surface area contributed by atoms with Gasteiger partial charge in [-0.1, -0.05) is 11.3 Å². The van der Waals surface area contributed by atoms with E-state index in [9.17, 15) is 12.8 Å². The zero-order valence-corrected chi connectivity index (χ0v) is 12.5. The molecule has 0 unspecified atom stereocenters. The lowest BCUT2D eigenvalue weighted by Crippen LogP contribution is -2.48. The van der Waals surface area contributed by atoms with Crippen LogP contribution in [0.4, 0.5) is 9.52 Å². The Balaban J connectivity index is 1.80. The molecule has 1 aromatic heterocycles. The fourth-order valence-corrected chi connectivity index (χ4v) is 4.10. The number of benzene rings is 1. The van der Waals surface area contributed by atoms with Crippen molar-refractivity contribution in [3.63, 3.8) is 0 Å². The summed E-state index contributed by atoms with van der Waals surface area (Å²) in [5.74, 6) is -0.269. The van der Waals surface area contributed by atoms with Crippen LogP contribution in [0.3, 0.4) is 0 Å². The monoisotopic (exact) mass is 315 g/mol. The van der Waals surface area contributed by atoms with Gasteiger partial charge >= 0.3 is 0 Å². The maximum absolute atomic E-state index is 13.2. The van der Waals surface area contributed by atoms with Gasteiger partial charge in [0.2, 0.25) is 10.0 Å². The fourth-order valence-electron chi connectivity index (χ4n) is 2.23. The summed E-state index contributed by atoms with van der Waals surface area (Å²) < 4.78 is 38.4. The molecule has 0 radical (unpaired) electrons. The lowest BCUT2D eigenvalue weighted by atomic mass is 10.3. The molecule has 0 saturated carbocycles. The molecule has 0 spiro atoms. The Kier molecular flexibility index (Phi) is 3.39. The van der Waals surface area contributed by atoms with Gasteiger partial charge in [-0.05, 0) is 18.2 Å². The van der Waals surface area contributed by atoms with Gasteiger partial charge in [0, 0.05) is 26.2 Å². The number of piperazine rings is 1. The standard InChI is InChI=1S/C12H14FN3O2S2/c1-20(17,18)16-6-4-15(5-7-16)12-14-10-3-2-9(13)8-11(10)19-12/h2-3,8H,4-7H2,1H3. The fraction of sp³-hybridized carbons (Fsp3) is 0.417. The van der Waals surface area contributed by atoms with Gasteiger partial charge < -0.3 is 4.90 Å². The van der Waals surface area contributed by atoms with Crippen LogP contribution in [0, 0.1) is 5.82 Å². The molecule has 108 valence electrons. The predicted molar refractivity (Wildman–Crippen MR) is 78.2 cm³/mol. The summed E-state index contributed by atoms with van der Waals surface area (Å²) in [5, 5.41) is 0.818. The molecule has 0 amide bonds. The number of nitrogens with zero attached hydrogens (tertiary/aromatic N) is 3. The van der Waals surface area contributed by atoms with E-state index < -0.39 is 10.0 Å². The number of rotatable bonds is 2. The van der Waals surface area contributed by atoms with Crippen LogP contribution in [0.15, 0.2) is 18.2 Å². The van der Waals surface area contributed by atoms with E-state index in [0.717, 1.165) is 15.3 Å². The van der Waals surface area contributed by atoms with Crippen molar-refractivity contribution < 1.29 is 12.8 Å². The second-order valence-corrected chi connectivity index (χ2v) is 7.75. The van der Waals surface area contributed by atoms with E-state index in [1.165, 1.54) is 34.0 Å². The Morgan fingerprint density at radius 2 is 1.95 bits per heavy atom. The molecule has 1 saturated heterocycles. The number of aromatic nitrogens is 1. The summed E-state index contributed by atoms with van der Waals surface area (Å²) in [4.78, 5) is 6.52. The minimum atomic E-state index is -3.12. The average Bonchev–Trinajstić information content (AvgIpc) is 2.80. The molecule has 2 aromatic rings. The Bertz CT molecular complexity index is 736. The smallest absolute Gasteiger partial charge is 0.211 e. The molecule has 0 N–H and O–H groups in total. The lowest BCUT2D eigenvalue weighted by molar-refractivity contribution is 0.388. The van der Waals surface area contributed by atoms with Gasteiger partial charge in [0.15, 0.2) is 5.13 Å². The van der Waals surface area contributed by atoms with E-state index in [1.54, 1.807) is 6.07 Å². The van der Waals surface area contributed by atoms with Crippen LogP contribution in [-0.2, 0) is 10.0 Å². The van der Waals surface area contributed by atoms with E-state index in [2.05, 4.69) is 4.98 Å². The third-order valence-corrected chi connectivity index (χ3v) is 5.70. The Morgan fingerprint density at radius 3 is 2.60 bits per heavy atom. The van der Waals surface area contributed by atoms with Gasteiger partial charge in [0.05, 0.1) is 16.5 Å². The van der Waals surface area contributed by atoms with Gasteiger partial charge in [0.25, 0.3) is 0 Å². The van der Waals surface area contributed by atoms with Crippen LogP contribution in [0.5, 0.6) is 0 Å². The van der Waals surface area contributed by atoms with Gasteiger partial charge in [0.1, 0.15) is 5.82 Å². The van der Waals surface area contributed by atoms with Gasteiger partial charge in [-0.25, -0.2) is 17.8 Å². The predicted octanol–water partition coefficient (Wildman–Crippen LogP) is 1.52. The van der Waals surface area contributed by atoms with Gasteiger partial charge in [-0.15, -0.1) is 0 Å². The van der Waals surface area contributed by atoms with E-state index in [-0.39, 0.29) is 5.82 Å². The van der Waals surface area contributed by atoms with Crippen molar-refractivity contribution in [1.82, 2.24) is 9.29 Å². The highest BCUT2D eigenvalue weighted by molar-refractivity contribution is 7.88. The molecular formula is C12H14FN3O2S2. The molecule has 0 atom stereocenters. The van der Waals surface area contributed by atoms with Crippen LogP contribution in [0.1, 0.15) is 0 Å². The van der Waals surface area contributed by atoms with Crippen molar-refractivity contribution in [2.75, 3.05) is 37.3 Å². The average molecular weight is 315 g/mol. The van der Waals surface area contributed by atoms with Crippen LogP contribution in [-0.4, -0.2) is 50.1 Å². The summed E-state index contributed by atoms with van der Waals surface area (Å²) in [6, 6.07) is 4.54. The number of hydrogen-bond acceptors (Lipinski definition) is 5. The highest BCUT2D eigenvalue weighted by Crippen LogP contribution is 2.29. The number of anilines is 1. The summed E-state index contributed by atoms with van der Waals surface area (Å²) in [5.41, 5.74) is 0.775. The van der Waals surface area contributed by atoms with Gasteiger partial charge in [-0.2, -0.15) is 4.31 Å². The first kappa shape index (κ1) is 13.7. The molecule has 5 nitrogen and oxygen atoms in total. The Hall–Kier alpha value is -1.25. The van der Waals surface area contributed by atoms with Gasteiger partial charge in [-0.3, -0.25) is 0 Å². The second-order valence-electron chi connectivity index (χ2n) is 4.76. The SMILES string of the molecule is CS(=O)(=O)N1CCN(c2nc3ccc(F)cc3s2)CC1. The van der Waals surface area contributed by atoms with Crippen LogP contribution in [0.2, 0.25) is 0 Å². The minimum absolute atomic E-state index is 0.269. The number of thiazole rings is 1. The highest BCUT2D eigenvalue weighted by atomic mass is 32.2. The Morgan fingerprint density at radius 1 is 1.25 bits per heavy atom. The molecule has 0 bridgehead atoms. The second kappa shape index (κ2) is 4.94. The number of halogens is 1. The quantitative estimate of drug-likeness (QED) is 0.843. The van der Waals surface area contributed by atoms with Crippen molar-refractivity contribution in [1.29, 1.82) is 0 Å². The number of hydrogen-bond donors (Lipinski definition) is 0. The highest BCUT2D eigenvalue weighted by Gasteiger charge is 2.24. The van der Waals surface area contributed by atoms with Crippen molar-refractivity contribution in [3.05, 3.63) is 24.0 Å². The first-order valence-corrected chi connectivity index (χ1v) is 8.86. The topological polar surface area (TPSA) is 53.5 Å². The van der Waals surface area contributed by atoms with Crippen LogP contribution >= 0.6 is 11.3 Å². The Labute approximate surface area is 120 Å². The first-order valence-electron chi connectivity index (χ1n) is 6.20. The summed E-state index contributed by atoms with van der Waals surface area (Å²) in [6.45, 7) is 2.14. The van der Waals surface area contributed by atoms with Crippen LogP contribution < -0.4 is 4.90 Å². The summed E-state index contributed by atoms with van der Waals surface area (Å²) in [6.07, 6.45) is 1.23. The first-order chi connectivity index (χ1) is 9.43. The lowest BCUT2D eigenvalue weighted by Gasteiger charge is -2.32. The molecule has 1 fully saturated rings. The molecule has 20 heavy (non-hydrogen) atoms. The van der Waals surface area contributed by atoms with Crippen molar-refractivity contribution in [2.45, 2.75) is 0 Å². The molecule has 3 rings (SSSR count). The molecular weight excluding hydrogens is 301 g/mol. The zero-order valence-electron chi connectivity index (χ0n) is 10.9. The molecule has 1 aliphatic heterocycles. The minimum Gasteiger partial charge on any atom is -0.345 e. The third-order valence-electron chi connectivity index (χ3n) is 3.32. The number of sulfonamides is 1.